The van der Waals surface area contributed by atoms with Gasteiger partial charge in [-0.05, 0) is 54.3 Å². The molecule has 0 saturated heterocycles. The molecule has 4 heteroatoms. The Morgan fingerprint density at radius 3 is 2.81 bits per heavy atom. The van der Waals surface area contributed by atoms with E-state index in [-0.39, 0.29) is 0 Å². The summed E-state index contributed by atoms with van der Waals surface area (Å²) in [5, 5.41) is 9.95. The third kappa shape index (κ3) is 3.06. The Kier molecular flexibility index (Phi) is 3.62. The molecule has 0 fully saturated rings. The molecule has 0 saturated carbocycles. The zero-order chi connectivity index (χ0) is 14.8. The Morgan fingerprint density at radius 2 is 2.05 bits per heavy atom. The maximum Gasteiger partial charge on any atom is 0.335 e. The van der Waals surface area contributed by atoms with Gasteiger partial charge in [-0.3, -0.25) is 0 Å². The Labute approximate surface area is 126 Å². The SMILES string of the molecule is Cc1cccc(OCc2cc3cc(C(=O)O)ccc3s2)c1. The van der Waals surface area contributed by atoms with E-state index in [0.717, 1.165) is 26.3 Å². The molecule has 0 aliphatic heterocycles. The number of carboxylic acids is 1. The summed E-state index contributed by atoms with van der Waals surface area (Å²) >= 11 is 1.62. The van der Waals surface area contributed by atoms with Crippen molar-refractivity contribution in [2.75, 3.05) is 0 Å². The van der Waals surface area contributed by atoms with Crippen LogP contribution < -0.4 is 4.74 Å². The Hall–Kier alpha value is -2.33. The minimum absolute atomic E-state index is 0.312. The normalized spacial score (nSPS) is 10.7. The van der Waals surface area contributed by atoms with Crippen LogP contribution in [0, 0.1) is 6.92 Å². The van der Waals surface area contributed by atoms with Gasteiger partial charge in [-0.15, -0.1) is 11.3 Å². The lowest BCUT2D eigenvalue weighted by molar-refractivity contribution is 0.0697. The largest absolute Gasteiger partial charge is 0.488 e. The molecule has 0 atom stereocenters. The van der Waals surface area contributed by atoms with E-state index in [4.69, 9.17) is 9.84 Å². The summed E-state index contributed by atoms with van der Waals surface area (Å²) in [5.41, 5.74) is 1.47. The van der Waals surface area contributed by atoms with Crippen LogP contribution in [0.25, 0.3) is 10.1 Å². The average Bonchev–Trinajstić information content (AvgIpc) is 2.87. The first-order valence-electron chi connectivity index (χ1n) is 6.57. The van der Waals surface area contributed by atoms with E-state index in [9.17, 15) is 4.79 Å². The molecule has 106 valence electrons. The highest BCUT2D eigenvalue weighted by atomic mass is 32.1. The number of thiophene rings is 1. The van der Waals surface area contributed by atoms with Gasteiger partial charge in [0, 0.05) is 9.58 Å². The second kappa shape index (κ2) is 5.58. The summed E-state index contributed by atoms with van der Waals surface area (Å²) in [4.78, 5) is 12.1. The van der Waals surface area contributed by atoms with Gasteiger partial charge in [0.05, 0.1) is 5.56 Å². The smallest absolute Gasteiger partial charge is 0.335 e. The Morgan fingerprint density at radius 1 is 1.19 bits per heavy atom. The van der Waals surface area contributed by atoms with Gasteiger partial charge in [0.2, 0.25) is 0 Å². The quantitative estimate of drug-likeness (QED) is 0.772. The van der Waals surface area contributed by atoms with E-state index in [0.29, 0.717) is 12.2 Å². The lowest BCUT2D eigenvalue weighted by Gasteiger charge is -2.04. The molecule has 0 bridgehead atoms. The van der Waals surface area contributed by atoms with Crippen LogP contribution in [0.15, 0.2) is 48.5 Å². The second-order valence-corrected chi connectivity index (χ2v) is 6.04. The molecule has 21 heavy (non-hydrogen) atoms. The molecule has 2 aromatic carbocycles. The highest BCUT2D eigenvalue weighted by Gasteiger charge is 2.07. The first-order valence-corrected chi connectivity index (χ1v) is 7.39. The van der Waals surface area contributed by atoms with Gasteiger partial charge in [0.15, 0.2) is 0 Å². The van der Waals surface area contributed by atoms with Gasteiger partial charge in [0.1, 0.15) is 12.4 Å². The van der Waals surface area contributed by atoms with Gasteiger partial charge in [-0.2, -0.15) is 0 Å². The number of carbonyl (C=O) groups is 1. The summed E-state index contributed by atoms with van der Waals surface area (Å²) in [7, 11) is 0. The number of hydrogen-bond donors (Lipinski definition) is 1. The summed E-state index contributed by atoms with van der Waals surface area (Å²) < 4.78 is 6.85. The maximum absolute atomic E-state index is 11.0. The number of aromatic carboxylic acids is 1. The van der Waals surface area contributed by atoms with Crippen molar-refractivity contribution in [2.45, 2.75) is 13.5 Å². The molecule has 3 nitrogen and oxygen atoms in total. The van der Waals surface area contributed by atoms with E-state index in [1.807, 2.05) is 43.3 Å². The second-order valence-electron chi connectivity index (χ2n) is 4.88. The van der Waals surface area contributed by atoms with Crippen molar-refractivity contribution >= 4 is 27.4 Å². The van der Waals surface area contributed by atoms with E-state index in [1.54, 1.807) is 23.5 Å². The van der Waals surface area contributed by atoms with Crippen LogP contribution in [-0.2, 0) is 6.61 Å². The molecular weight excluding hydrogens is 284 g/mol. The van der Waals surface area contributed by atoms with E-state index >= 15 is 0 Å². The van der Waals surface area contributed by atoms with Crippen molar-refractivity contribution in [3.63, 3.8) is 0 Å². The zero-order valence-corrected chi connectivity index (χ0v) is 12.3. The predicted octanol–water partition coefficient (Wildman–Crippen LogP) is 4.49. The number of ether oxygens (including phenoxy) is 1. The van der Waals surface area contributed by atoms with E-state index in [1.165, 1.54) is 0 Å². The summed E-state index contributed by atoms with van der Waals surface area (Å²) in [6, 6.07) is 15.1. The molecule has 1 N–H and O–H groups in total. The summed E-state index contributed by atoms with van der Waals surface area (Å²) in [6.45, 7) is 2.52. The maximum atomic E-state index is 11.0. The lowest BCUT2D eigenvalue weighted by Crippen LogP contribution is -1.94. The van der Waals surface area contributed by atoms with Crippen molar-refractivity contribution in [2.24, 2.45) is 0 Å². The molecule has 0 amide bonds. The van der Waals surface area contributed by atoms with Crippen molar-refractivity contribution < 1.29 is 14.6 Å². The third-order valence-electron chi connectivity index (χ3n) is 3.18. The van der Waals surface area contributed by atoms with Gasteiger partial charge in [0.25, 0.3) is 0 Å². The van der Waals surface area contributed by atoms with Crippen LogP contribution in [0.3, 0.4) is 0 Å². The third-order valence-corrected chi connectivity index (χ3v) is 4.27. The highest BCUT2D eigenvalue weighted by molar-refractivity contribution is 7.19. The molecule has 0 aliphatic carbocycles. The van der Waals surface area contributed by atoms with Crippen LogP contribution in [0.2, 0.25) is 0 Å². The lowest BCUT2D eigenvalue weighted by atomic mass is 10.1. The van der Waals surface area contributed by atoms with Gasteiger partial charge in [-0.25, -0.2) is 4.79 Å². The van der Waals surface area contributed by atoms with Crippen LogP contribution in [-0.4, -0.2) is 11.1 Å². The molecule has 0 aliphatic rings. The number of fused-ring (bicyclic) bond motifs is 1. The fourth-order valence-corrected chi connectivity index (χ4v) is 3.12. The summed E-state index contributed by atoms with van der Waals surface area (Å²) in [5.74, 6) is -0.0562. The first kappa shape index (κ1) is 13.6. The number of carboxylic acid groups (broad SMARTS) is 1. The minimum Gasteiger partial charge on any atom is -0.488 e. The van der Waals surface area contributed by atoms with Gasteiger partial charge >= 0.3 is 5.97 Å². The minimum atomic E-state index is -0.902. The Balaban J connectivity index is 1.80. The topological polar surface area (TPSA) is 46.5 Å². The number of hydrogen-bond acceptors (Lipinski definition) is 3. The highest BCUT2D eigenvalue weighted by Crippen LogP contribution is 2.27. The number of benzene rings is 2. The van der Waals surface area contributed by atoms with E-state index < -0.39 is 5.97 Å². The van der Waals surface area contributed by atoms with Crippen LogP contribution in [0.5, 0.6) is 5.75 Å². The van der Waals surface area contributed by atoms with Crippen molar-refractivity contribution in [1.29, 1.82) is 0 Å². The molecule has 0 spiro atoms. The zero-order valence-electron chi connectivity index (χ0n) is 11.5. The molecule has 0 unspecified atom stereocenters. The molecule has 1 aromatic heterocycles. The van der Waals surface area contributed by atoms with Crippen LogP contribution >= 0.6 is 11.3 Å². The molecular formula is C17H14O3S. The van der Waals surface area contributed by atoms with Crippen LogP contribution in [0.4, 0.5) is 0 Å². The van der Waals surface area contributed by atoms with Crippen molar-refractivity contribution in [3.8, 4) is 5.75 Å². The number of aryl methyl sites for hydroxylation is 1. The first-order chi connectivity index (χ1) is 10.1. The predicted molar refractivity (Wildman–Crippen MR) is 84.3 cm³/mol. The van der Waals surface area contributed by atoms with E-state index in [2.05, 4.69) is 0 Å². The summed E-state index contributed by atoms with van der Waals surface area (Å²) in [6.07, 6.45) is 0. The van der Waals surface area contributed by atoms with Crippen LogP contribution in [0.1, 0.15) is 20.8 Å². The van der Waals surface area contributed by atoms with Crippen molar-refractivity contribution in [1.82, 2.24) is 0 Å². The molecule has 0 radical (unpaired) electrons. The number of rotatable bonds is 4. The van der Waals surface area contributed by atoms with Gasteiger partial charge < -0.3 is 9.84 Å². The fraction of sp³-hybridized carbons (Fsp3) is 0.118. The monoisotopic (exact) mass is 298 g/mol. The Bertz CT molecular complexity index is 805. The molecule has 1 heterocycles. The average molecular weight is 298 g/mol. The van der Waals surface area contributed by atoms with Crippen molar-refractivity contribution in [3.05, 3.63) is 64.5 Å². The van der Waals surface area contributed by atoms with Gasteiger partial charge in [-0.1, -0.05) is 12.1 Å². The standard InChI is InChI=1S/C17H14O3S/c1-11-3-2-4-14(7-11)20-10-15-9-13-8-12(17(18)19)5-6-16(13)21-15/h2-9H,10H2,1H3,(H,18,19). The fourth-order valence-electron chi connectivity index (χ4n) is 2.16. The molecule has 3 rings (SSSR count). The molecule has 3 aromatic rings.